The number of rotatable bonds is 3. The van der Waals surface area contributed by atoms with E-state index in [1.807, 2.05) is 18.2 Å². The molecule has 0 aliphatic carbocycles. The summed E-state index contributed by atoms with van der Waals surface area (Å²) >= 11 is 0. The minimum Gasteiger partial charge on any atom is -0.464 e. The molecule has 1 unspecified atom stereocenters. The van der Waals surface area contributed by atoms with Crippen molar-refractivity contribution in [3.8, 4) is 6.01 Å². The first-order valence-corrected chi connectivity index (χ1v) is 5.77. The molecule has 3 N–H and O–H groups in total. The Bertz CT molecular complexity index is 517. The van der Waals surface area contributed by atoms with Gasteiger partial charge in [-0.25, -0.2) is 0 Å². The number of hydrogen-bond donors (Lipinski definition) is 2. The molecule has 17 heavy (non-hydrogen) atoms. The molecule has 1 aromatic carbocycles. The number of aromatic amines is 1. The summed E-state index contributed by atoms with van der Waals surface area (Å²) in [6.07, 6.45) is 1.06. The van der Waals surface area contributed by atoms with Crippen LogP contribution in [0, 0.1) is 5.92 Å². The molecule has 0 spiro atoms. The third-order valence-corrected chi connectivity index (χ3v) is 2.96. The van der Waals surface area contributed by atoms with Gasteiger partial charge < -0.3 is 20.2 Å². The van der Waals surface area contributed by atoms with Gasteiger partial charge in [0, 0.05) is 18.2 Å². The van der Waals surface area contributed by atoms with E-state index in [0.717, 1.165) is 36.4 Å². The Hall–Kier alpha value is -1.75. The molecule has 90 valence electrons. The minimum absolute atomic E-state index is 0.480. The van der Waals surface area contributed by atoms with Crippen molar-refractivity contribution < 1.29 is 9.47 Å². The van der Waals surface area contributed by atoms with Crippen molar-refractivity contribution in [2.24, 2.45) is 5.92 Å². The van der Waals surface area contributed by atoms with Crippen molar-refractivity contribution in [3.63, 3.8) is 0 Å². The predicted octanol–water partition coefficient (Wildman–Crippen LogP) is 1.56. The van der Waals surface area contributed by atoms with E-state index >= 15 is 0 Å². The summed E-state index contributed by atoms with van der Waals surface area (Å²) in [4.78, 5) is 7.45. The highest BCUT2D eigenvalue weighted by atomic mass is 16.5. The highest BCUT2D eigenvalue weighted by molar-refractivity contribution is 5.79. The molecule has 1 atom stereocenters. The maximum absolute atomic E-state index is 5.70. The van der Waals surface area contributed by atoms with Crippen LogP contribution in [0.25, 0.3) is 11.0 Å². The molecule has 1 aromatic heterocycles. The zero-order chi connectivity index (χ0) is 11.7. The van der Waals surface area contributed by atoms with E-state index in [-0.39, 0.29) is 0 Å². The number of fused-ring (bicyclic) bond motifs is 1. The third kappa shape index (κ3) is 2.19. The fraction of sp³-hybridized carbons (Fsp3) is 0.417. The summed E-state index contributed by atoms with van der Waals surface area (Å²) in [6.45, 7) is 2.27. The molecule has 1 aliphatic heterocycles. The van der Waals surface area contributed by atoms with Crippen LogP contribution >= 0.6 is 0 Å². The van der Waals surface area contributed by atoms with Crippen LogP contribution in [0.4, 0.5) is 5.69 Å². The number of imidazole rings is 1. The van der Waals surface area contributed by atoms with Crippen molar-refractivity contribution in [3.05, 3.63) is 18.2 Å². The van der Waals surface area contributed by atoms with Gasteiger partial charge in [-0.1, -0.05) is 0 Å². The van der Waals surface area contributed by atoms with Crippen LogP contribution in [0.15, 0.2) is 18.2 Å². The monoisotopic (exact) mass is 233 g/mol. The quantitative estimate of drug-likeness (QED) is 0.789. The first kappa shape index (κ1) is 10.4. The standard InChI is InChI=1S/C12H15N3O2/c13-9-1-2-10-11(5-9)15-12(14-10)17-7-8-3-4-16-6-8/h1-2,5,8H,3-4,6-7,13H2,(H,14,15). The Kier molecular flexibility index (Phi) is 2.60. The third-order valence-electron chi connectivity index (χ3n) is 2.96. The normalized spacial score (nSPS) is 19.9. The van der Waals surface area contributed by atoms with E-state index in [1.54, 1.807) is 0 Å². The number of nitrogens with one attached hydrogen (secondary N) is 1. The Labute approximate surface area is 98.9 Å². The summed E-state index contributed by atoms with van der Waals surface area (Å²) in [5, 5.41) is 0. The van der Waals surface area contributed by atoms with Crippen LogP contribution in [0.3, 0.4) is 0 Å². The molecule has 5 nitrogen and oxygen atoms in total. The maximum atomic E-state index is 5.70. The lowest BCUT2D eigenvalue weighted by atomic mass is 10.1. The molecule has 0 radical (unpaired) electrons. The molecule has 5 heteroatoms. The van der Waals surface area contributed by atoms with Gasteiger partial charge in [-0.05, 0) is 24.6 Å². The second-order valence-corrected chi connectivity index (χ2v) is 4.36. The van der Waals surface area contributed by atoms with Gasteiger partial charge in [0.25, 0.3) is 6.01 Å². The Morgan fingerprint density at radius 3 is 3.29 bits per heavy atom. The lowest BCUT2D eigenvalue weighted by Gasteiger charge is -2.06. The van der Waals surface area contributed by atoms with Crippen molar-refractivity contribution in [2.45, 2.75) is 6.42 Å². The number of anilines is 1. The summed E-state index contributed by atoms with van der Waals surface area (Å²) in [5.74, 6) is 0.480. The average Bonchev–Trinajstić information content (AvgIpc) is 2.94. The van der Waals surface area contributed by atoms with Crippen molar-refractivity contribution >= 4 is 16.7 Å². The second kappa shape index (κ2) is 4.25. The molecular weight excluding hydrogens is 218 g/mol. The molecule has 2 heterocycles. The van der Waals surface area contributed by atoms with E-state index in [1.165, 1.54) is 0 Å². The maximum Gasteiger partial charge on any atom is 0.294 e. The number of nitrogens with two attached hydrogens (primary N) is 1. The zero-order valence-electron chi connectivity index (χ0n) is 9.48. The number of ether oxygens (including phenoxy) is 2. The smallest absolute Gasteiger partial charge is 0.294 e. The predicted molar refractivity (Wildman–Crippen MR) is 64.9 cm³/mol. The fourth-order valence-electron chi connectivity index (χ4n) is 1.98. The summed E-state index contributed by atoms with van der Waals surface area (Å²) in [6, 6.07) is 6.12. The van der Waals surface area contributed by atoms with E-state index in [2.05, 4.69) is 9.97 Å². The van der Waals surface area contributed by atoms with Crippen molar-refractivity contribution in [2.75, 3.05) is 25.6 Å². The molecule has 0 amide bonds. The van der Waals surface area contributed by atoms with Gasteiger partial charge in [0.2, 0.25) is 0 Å². The number of nitrogen functional groups attached to an aromatic ring is 1. The fourth-order valence-corrected chi connectivity index (χ4v) is 1.98. The second-order valence-electron chi connectivity index (χ2n) is 4.36. The Morgan fingerprint density at radius 2 is 2.47 bits per heavy atom. The molecule has 1 saturated heterocycles. The molecule has 0 bridgehead atoms. The van der Waals surface area contributed by atoms with Crippen LogP contribution < -0.4 is 10.5 Å². The molecule has 3 rings (SSSR count). The SMILES string of the molecule is Nc1ccc2nc(OCC3CCOC3)[nH]c2c1. The summed E-state index contributed by atoms with van der Waals surface area (Å²) < 4.78 is 10.9. The Balaban J connectivity index is 1.72. The van der Waals surface area contributed by atoms with E-state index < -0.39 is 0 Å². The minimum atomic E-state index is 0.480. The topological polar surface area (TPSA) is 73.2 Å². The van der Waals surface area contributed by atoms with E-state index in [0.29, 0.717) is 18.5 Å². The lowest BCUT2D eigenvalue weighted by molar-refractivity contribution is 0.164. The summed E-state index contributed by atoms with van der Waals surface area (Å²) in [5.41, 5.74) is 8.20. The largest absolute Gasteiger partial charge is 0.464 e. The number of benzene rings is 1. The van der Waals surface area contributed by atoms with E-state index in [9.17, 15) is 0 Å². The number of H-pyrrole nitrogens is 1. The van der Waals surface area contributed by atoms with Crippen molar-refractivity contribution in [1.29, 1.82) is 0 Å². The van der Waals surface area contributed by atoms with Crippen LogP contribution in [-0.4, -0.2) is 29.8 Å². The molecule has 0 saturated carbocycles. The average molecular weight is 233 g/mol. The molecular formula is C12H15N3O2. The number of nitrogens with zero attached hydrogens (tertiary/aromatic N) is 1. The lowest BCUT2D eigenvalue weighted by Crippen LogP contribution is -2.12. The highest BCUT2D eigenvalue weighted by Crippen LogP contribution is 2.19. The van der Waals surface area contributed by atoms with Crippen LogP contribution in [0.2, 0.25) is 0 Å². The number of hydrogen-bond acceptors (Lipinski definition) is 4. The van der Waals surface area contributed by atoms with Gasteiger partial charge in [0.15, 0.2) is 0 Å². The van der Waals surface area contributed by atoms with E-state index in [4.69, 9.17) is 15.2 Å². The van der Waals surface area contributed by atoms with Gasteiger partial charge in [0.1, 0.15) is 0 Å². The van der Waals surface area contributed by atoms with Gasteiger partial charge >= 0.3 is 0 Å². The van der Waals surface area contributed by atoms with Crippen LogP contribution in [-0.2, 0) is 4.74 Å². The van der Waals surface area contributed by atoms with Crippen molar-refractivity contribution in [1.82, 2.24) is 9.97 Å². The molecule has 2 aromatic rings. The van der Waals surface area contributed by atoms with Crippen LogP contribution in [0.5, 0.6) is 6.01 Å². The Morgan fingerprint density at radius 1 is 1.53 bits per heavy atom. The van der Waals surface area contributed by atoms with Gasteiger partial charge in [-0.15, -0.1) is 0 Å². The van der Waals surface area contributed by atoms with Gasteiger partial charge in [0.05, 0.1) is 24.2 Å². The first-order chi connectivity index (χ1) is 8.31. The highest BCUT2D eigenvalue weighted by Gasteiger charge is 2.16. The molecule has 1 aliphatic rings. The van der Waals surface area contributed by atoms with Gasteiger partial charge in [-0.2, -0.15) is 4.98 Å². The molecule has 1 fully saturated rings. The zero-order valence-corrected chi connectivity index (χ0v) is 9.48. The summed E-state index contributed by atoms with van der Waals surface area (Å²) in [7, 11) is 0. The first-order valence-electron chi connectivity index (χ1n) is 5.77. The number of aromatic nitrogens is 2. The van der Waals surface area contributed by atoms with Gasteiger partial charge in [-0.3, -0.25) is 0 Å². The van der Waals surface area contributed by atoms with Crippen LogP contribution in [0.1, 0.15) is 6.42 Å².